The van der Waals surface area contributed by atoms with Gasteiger partial charge in [-0.05, 0) is 20.8 Å². The van der Waals surface area contributed by atoms with Crippen molar-refractivity contribution >= 4 is 11.8 Å². The number of nitrogens with two attached hydrogens (primary N) is 1. The zero-order valence-corrected chi connectivity index (χ0v) is 9.66. The standard InChI is InChI=1S/C10H18N4O/c1-7-5-8(14-9(11)13-7)12-6-10(2,3)15-4/h5H,6H2,1-4H3,(H3,11,12,13,14). The lowest BCUT2D eigenvalue weighted by Gasteiger charge is -2.23. The maximum Gasteiger partial charge on any atom is 0.222 e. The first-order valence-electron chi connectivity index (χ1n) is 4.83. The number of nitrogens with zero attached hydrogens (tertiary/aromatic N) is 2. The number of hydrogen-bond acceptors (Lipinski definition) is 5. The van der Waals surface area contributed by atoms with Crippen molar-refractivity contribution in [3.8, 4) is 0 Å². The highest BCUT2D eigenvalue weighted by Crippen LogP contribution is 2.11. The molecular formula is C10H18N4O. The summed E-state index contributed by atoms with van der Waals surface area (Å²) in [4.78, 5) is 8.07. The van der Waals surface area contributed by atoms with E-state index in [1.54, 1.807) is 7.11 Å². The molecule has 0 radical (unpaired) electrons. The third kappa shape index (κ3) is 3.71. The lowest BCUT2D eigenvalue weighted by atomic mass is 10.1. The number of ether oxygens (including phenoxy) is 1. The molecule has 0 aliphatic carbocycles. The van der Waals surface area contributed by atoms with Crippen molar-refractivity contribution in [2.24, 2.45) is 0 Å². The van der Waals surface area contributed by atoms with E-state index in [2.05, 4.69) is 15.3 Å². The number of nitrogens with one attached hydrogen (secondary N) is 1. The largest absolute Gasteiger partial charge is 0.377 e. The molecule has 0 saturated heterocycles. The summed E-state index contributed by atoms with van der Waals surface area (Å²) >= 11 is 0. The van der Waals surface area contributed by atoms with Crippen LogP contribution in [0.3, 0.4) is 0 Å². The van der Waals surface area contributed by atoms with Crippen LogP contribution in [0, 0.1) is 6.92 Å². The van der Waals surface area contributed by atoms with Crippen LogP contribution in [0.4, 0.5) is 11.8 Å². The number of anilines is 2. The summed E-state index contributed by atoms with van der Waals surface area (Å²) in [7, 11) is 1.68. The summed E-state index contributed by atoms with van der Waals surface area (Å²) in [6, 6.07) is 1.85. The molecule has 15 heavy (non-hydrogen) atoms. The van der Waals surface area contributed by atoms with Crippen LogP contribution in [0.1, 0.15) is 19.5 Å². The molecule has 1 aromatic rings. The Balaban J connectivity index is 2.65. The molecular weight excluding hydrogens is 192 g/mol. The van der Waals surface area contributed by atoms with Crippen LogP contribution in [0.25, 0.3) is 0 Å². The molecule has 0 aliphatic heterocycles. The topological polar surface area (TPSA) is 73.1 Å². The number of aromatic nitrogens is 2. The molecule has 5 nitrogen and oxygen atoms in total. The Labute approximate surface area is 90.1 Å². The Morgan fingerprint density at radius 3 is 2.67 bits per heavy atom. The minimum absolute atomic E-state index is 0.229. The molecule has 3 N–H and O–H groups in total. The average molecular weight is 210 g/mol. The van der Waals surface area contributed by atoms with Gasteiger partial charge in [-0.15, -0.1) is 0 Å². The average Bonchev–Trinajstić information content (AvgIpc) is 2.14. The van der Waals surface area contributed by atoms with E-state index in [1.807, 2.05) is 26.8 Å². The third-order valence-electron chi connectivity index (χ3n) is 2.12. The first-order valence-corrected chi connectivity index (χ1v) is 4.83. The Morgan fingerprint density at radius 1 is 1.47 bits per heavy atom. The van der Waals surface area contributed by atoms with E-state index >= 15 is 0 Å². The number of methoxy groups -OCH3 is 1. The quantitative estimate of drug-likeness (QED) is 0.781. The first kappa shape index (κ1) is 11.7. The van der Waals surface area contributed by atoms with Gasteiger partial charge in [0.1, 0.15) is 5.82 Å². The van der Waals surface area contributed by atoms with E-state index in [-0.39, 0.29) is 11.5 Å². The molecule has 1 heterocycles. The van der Waals surface area contributed by atoms with Crippen molar-refractivity contribution in [2.75, 3.05) is 24.7 Å². The van der Waals surface area contributed by atoms with Crippen LogP contribution in [0.5, 0.6) is 0 Å². The van der Waals surface area contributed by atoms with E-state index in [9.17, 15) is 0 Å². The van der Waals surface area contributed by atoms with Gasteiger partial charge in [-0.25, -0.2) is 4.98 Å². The summed E-state index contributed by atoms with van der Waals surface area (Å²) < 4.78 is 5.28. The van der Waals surface area contributed by atoms with E-state index < -0.39 is 0 Å². The van der Waals surface area contributed by atoms with Crippen LogP contribution in [0.2, 0.25) is 0 Å². The highest BCUT2D eigenvalue weighted by Gasteiger charge is 2.15. The van der Waals surface area contributed by atoms with Gasteiger partial charge >= 0.3 is 0 Å². The predicted molar refractivity (Wildman–Crippen MR) is 60.8 cm³/mol. The fourth-order valence-corrected chi connectivity index (χ4v) is 1.06. The van der Waals surface area contributed by atoms with Gasteiger partial charge in [0, 0.05) is 25.4 Å². The molecule has 0 spiro atoms. The SMILES string of the molecule is COC(C)(C)CNc1cc(C)nc(N)n1. The molecule has 0 amide bonds. The summed E-state index contributed by atoms with van der Waals surface area (Å²) in [5, 5.41) is 3.16. The fourth-order valence-electron chi connectivity index (χ4n) is 1.06. The normalized spacial score (nSPS) is 11.5. The molecule has 1 aromatic heterocycles. The van der Waals surface area contributed by atoms with Gasteiger partial charge < -0.3 is 15.8 Å². The first-order chi connectivity index (χ1) is 6.93. The second kappa shape index (κ2) is 4.44. The molecule has 0 fully saturated rings. The highest BCUT2D eigenvalue weighted by atomic mass is 16.5. The van der Waals surface area contributed by atoms with Gasteiger partial charge in [0.15, 0.2) is 0 Å². The molecule has 0 bridgehead atoms. The van der Waals surface area contributed by atoms with Crippen LogP contribution in [-0.2, 0) is 4.74 Å². The third-order valence-corrected chi connectivity index (χ3v) is 2.12. The molecule has 0 aromatic carbocycles. The van der Waals surface area contributed by atoms with Crippen molar-refractivity contribution < 1.29 is 4.74 Å². The van der Waals surface area contributed by atoms with Crippen molar-refractivity contribution in [3.05, 3.63) is 11.8 Å². The van der Waals surface area contributed by atoms with Crippen LogP contribution in [0.15, 0.2) is 6.07 Å². The van der Waals surface area contributed by atoms with Crippen LogP contribution < -0.4 is 11.1 Å². The van der Waals surface area contributed by atoms with Gasteiger partial charge in [0.05, 0.1) is 5.60 Å². The molecule has 84 valence electrons. The second-order valence-electron chi connectivity index (χ2n) is 4.07. The fraction of sp³-hybridized carbons (Fsp3) is 0.600. The van der Waals surface area contributed by atoms with Gasteiger partial charge in [-0.2, -0.15) is 4.98 Å². The smallest absolute Gasteiger partial charge is 0.222 e. The lowest BCUT2D eigenvalue weighted by molar-refractivity contribution is 0.0343. The highest BCUT2D eigenvalue weighted by molar-refractivity contribution is 5.40. The van der Waals surface area contributed by atoms with Gasteiger partial charge in [-0.3, -0.25) is 0 Å². The van der Waals surface area contributed by atoms with E-state index in [0.29, 0.717) is 6.54 Å². The predicted octanol–water partition coefficient (Wildman–Crippen LogP) is 1.20. The number of rotatable bonds is 4. The molecule has 0 aliphatic rings. The Morgan fingerprint density at radius 2 is 2.13 bits per heavy atom. The molecule has 0 atom stereocenters. The molecule has 0 unspecified atom stereocenters. The number of nitrogen functional groups attached to an aromatic ring is 1. The van der Waals surface area contributed by atoms with Crippen molar-refractivity contribution in [2.45, 2.75) is 26.4 Å². The second-order valence-corrected chi connectivity index (χ2v) is 4.07. The maximum absolute atomic E-state index is 5.54. The Kier molecular flexibility index (Phi) is 3.47. The number of hydrogen-bond donors (Lipinski definition) is 2. The van der Waals surface area contributed by atoms with E-state index in [4.69, 9.17) is 10.5 Å². The van der Waals surface area contributed by atoms with Crippen LogP contribution in [-0.4, -0.2) is 29.2 Å². The zero-order chi connectivity index (χ0) is 11.5. The summed E-state index contributed by atoms with van der Waals surface area (Å²) in [6.45, 7) is 6.54. The maximum atomic E-state index is 5.54. The van der Waals surface area contributed by atoms with E-state index in [0.717, 1.165) is 11.5 Å². The van der Waals surface area contributed by atoms with Gasteiger partial charge in [0.2, 0.25) is 5.95 Å². The number of aryl methyl sites for hydroxylation is 1. The zero-order valence-electron chi connectivity index (χ0n) is 9.66. The van der Waals surface area contributed by atoms with Crippen molar-refractivity contribution in [3.63, 3.8) is 0 Å². The minimum Gasteiger partial charge on any atom is -0.377 e. The summed E-state index contributed by atoms with van der Waals surface area (Å²) in [5.41, 5.74) is 6.16. The van der Waals surface area contributed by atoms with Crippen molar-refractivity contribution in [1.29, 1.82) is 0 Å². The molecule has 0 saturated carbocycles. The molecule has 5 heteroatoms. The summed E-state index contributed by atoms with van der Waals surface area (Å²) in [5.74, 6) is 1.01. The Bertz CT molecular complexity index is 318. The van der Waals surface area contributed by atoms with Gasteiger partial charge in [0.25, 0.3) is 0 Å². The minimum atomic E-state index is -0.229. The molecule has 1 rings (SSSR count). The summed E-state index contributed by atoms with van der Waals surface area (Å²) in [6.07, 6.45) is 0. The lowest BCUT2D eigenvalue weighted by Crippen LogP contribution is -2.32. The van der Waals surface area contributed by atoms with Crippen molar-refractivity contribution in [1.82, 2.24) is 9.97 Å². The van der Waals surface area contributed by atoms with E-state index in [1.165, 1.54) is 0 Å². The van der Waals surface area contributed by atoms with Crippen LogP contribution >= 0.6 is 0 Å². The van der Waals surface area contributed by atoms with Gasteiger partial charge in [-0.1, -0.05) is 0 Å². The monoisotopic (exact) mass is 210 g/mol. The Hall–Kier alpha value is -1.36.